The van der Waals surface area contributed by atoms with Crippen LogP contribution in [-0.4, -0.2) is 87.4 Å². The number of likely N-dealkylation sites (tertiary alicyclic amines) is 1. The molecule has 39 heavy (non-hydrogen) atoms. The van der Waals surface area contributed by atoms with Gasteiger partial charge in [0.15, 0.2) is 11.5 Å². The lowest BCUT2D eigenvalue weighted by Gasteiger charge is -2.29. The molecule has 1 saturated heterocycles. The summed E-state index contributed by atoms with van der Waals surface area (Å²) < 4.78 is 16.8. The molecule has 7 heteroatoms. The van der Waals surface area contributed by atoms with Gasteiger partial charge in [0, 0.05) is 25.7 Å². The Labute approximate surface area is 235 Å². The van der Waals surface area contributed by atoms with Gasteiger partial charge >= 0.3 is 0 Å². The number of hydrogen-bond acceptors (Lipinski definition) is 6. The van der Waals surface area contributed by atoms with E-state index in [0.29, 0.717) is 18.5 Å². The van der Waals surface area contributed by atoms with Crippen LogP contribution in [0.5, 0.6) is 17.2 Å². The van der Waals surface area contributed by atoms with Gasteiger partial charge in [0.1, 0.15) is 5.75 Å². The Morgan fingerprint density at radius 2 is 1.79 bits per heavy atom. The second-order valence-electron chi connectivity index (χ2n) is 11.2. The zero-order valence-corrected chi connectivity index (χ0v) is 24.4. The summed E-state index contributed by atoms with van der Waals surface area (Å²) in [6, 6.07) is 14.9. The Hall–Kier alpha value is -2.77. The maximum Gasteiger partial charge on any atom is 0.236 e. The number of nitrogens with zero attached hydrogens (tertiary/aromatic N) is 3. The molecular weight excluding hydrogens is 490 g/mol. The second kappa shape index (κ2) is 14.6. The second-order valence-corrected chi connectivity index (χ2v) is 11.2. The molecule has 2 aliphatic rings. The van der Waals surface area contributed by atoms with Crippen LogP contribution in [0.15, 0.2) is 42.5 Å². The van der Waals surface area contributed by atoms with Gasteiger partial charge in [-0.25, -0.2) is 0 Å². The molecule has 2 aliphatic heterocycles. The molecule has 0 N–H and O–H groups in total. The largest absolute Gasteiger partial charge is 0.496 e. The first-order chi connectivity index (χ1) is 19.0. The minimum atomic E-state index is 0.266. The highest BCUT2D eigenvalue weighted by atomic mass is 16.7. The quantitative estimate of drug-likeness (QED) is 0.292. The number of hydrogen-bond donors (Lipinski definition) is 0. The monoisotopic (exact) mass is 537 g/mol. The van der Waals surface area contributed by atoms with Crippen LogP contribution in [0.1, 0.15) is 62.5 Å². The molecule has 0 bridgehead atoms. The molecule has 2 atom stereocenters. The first-order valence-corrected chi connectivity index (χ1v) is 14.7. The Kier molecular flexibility index (Phi) is 10.9. The van der Waals surface area contributed by atoms with Crippen molar-refractivity contribution in [2.45, 2.75) is 63.8 Å². The normalized spacial score (nSPS) is 18.6. The van der Waals surface area contributed by atoms with Crippen LogP contribution >= 0.6 is 0 Å². The van der Waals surface area contributed by atoms with E-state index in [2.05, 4.69) is 60.0 Å². The van der Waals surface area contributed by atoms with Gasteiger partial charge in [-0.3, -0.25) is 9.69 Å². The summed E-state index contributed by atoms with van der Waals surface area (Å²) in [5.41, 5.74) is 2.49. The molecule has 0 spiro atoms. The minimum absolute atomic E-state index is 0.266. The number of benzene rings is 2. The fourth-order valence-electron chi connectivity index (χ4n) is 5.83. The van der Waals surface area contributed by atoms with Gasteiger partial charge in [-0.1, -0.05) is 37.6 Å². The van der Waals surface area contributed by atoms with Gasteiger partial charge in [-0.2, -0.15) is 0 Å². The molecule has 1 amide bonds. The number of rotatable bonds is 15. The van der Waals surface area contributed by atoms with Crippen LogP contribution in [0.25, 0.3) is 0 Å². The Balaban J connectivity index is 1.45. The number of methoxy groups -OCH3 is 1. The van der Waals surface area contributed by atoms with Gasteiger partial charge in [0.25, 0.3) is 0 Å². The summed E-state index contributed by atoms with van der Waals surface area (Å²) in [7, 11) is 5.95. The zero-order chi connectivity index (χ0) is 27.6. The first kappa shape index (κ1) is 29.2. The Morgan fingerprint density at radius 3 is 2.59 bits per heavy atom. The molecule has 214 valence electrons. The van der Waals surface area contributed by atoms with E-state index in [0.717, 1.165) is 88.4 Å². The van der Waals surface area contributed by atoms with E-state index in [9.17, 15) is 4.79 Å². The van der Waals surface area contributed by atoms with Crippen molar-refractivity contribution in [1.82, 2.24) is 14.7 Å². The molecule has 2 aromatic rings. The van der Waals surface area contributed by atoms with Crippen LogP contribution in [-0.2, 0) is 11.2 Å². The van der Waals surface area contributed by atoms with Crippen molar-refractivity contribution in [3.63, 3.8) is 0 Å². The first-order valence-electron chi connectivity index (χ1n) is 14.7. The van der Waals surface area contributed by atoms with Gasteiger partial charge in [0.2, 0.25) is 12.7 Å². The topological polar surface area (TPSA) is 54.5 Å². The van der Waals surface area contributed by atoms with E-state index in [-0.39, 0.29) is 12.7 Å². The SMILES string of the molecule is CCCCN(CCCCN(C)C)C(=O)CN1C[C@H](c2ccc3c(c2)OCO3)C[C@@H]1CCc1ccccc1OC. The van der Waals surface area contributed by atoms with Gasteiger partial charge < -0.3 is 24.0 Å². The highest BCUT2D eigenvalue weighted by Gasteiger charge is 2.35. The Morgan fingerprint density at radius 1 is 1.03 bits per heavy atom. The number of unbranched alkanes of at least 4 members (excludes halogenated alkanes) is 2. The number of amides is 1. The average molecular weight is 538 g/mol. The smallest absolute Gasteiger partial charge is 0.236 e. The van der Waals surface area contributed by atoms with E-state index in [1.54, 1.807) is 7.11 Å². The van der Waals surface area contributed by atoms with Crippen LogP contribution in [0, 0.1) is 0 Å². The fraction of sp³-hybridized carbons (Fsp3) is 0.594. The van der Waals surface area contributed by atoms with Crippen molar-refractivity contribution >= 4 is 5.91 Å². The number of fused-ring (bicyclic) bond motifs is 1. The number of carbonyl (C=O) groups is 1. The molecule has 2 aromatic carbocycles. The molecule has 1 fully saturated rings. The third kappa shape index (κ3) is 8.12. The van der Waals surface area contributed by atoms with Crippen LogP contribution < -0.4 is 14.2 Å². The molecule has 7 nitrogen and oxygen atoms in total. The molecule has 0 radical (unpaired) electrons. The molecule has 4 rings (SSSR count). The highest BCUT2D eigenvalue weighted by Crippen LogP contribution is 2.39. The van der Waals surface area contributed by atoms with E-state index in [1.807, 2.05) is 18.2 Å². The summed E-state index contributed by atoms with van der Waals surface area (Å²) in [6.45, 7) is 6.59. The molecule has 0 unspecified atom stereocenters. The van der Waals surface area contributed by atoms with Crippen molar-refractivity contribution < 1.29 is 19.0 Å². The predicted octanol–water partition coefficient (Wildman–Crippen LogP) is 5.19. The third-order valence-corrected chi connectivity index (χ3v) is 8.09. The summed E-state index contributed by atoms with van der Waals surface area (Å²) in [5.74, 6) is 3.21. The molecule has 0 aromatic heterocycles. The third-order valence-electron chi connectivity index (χ3n) is 8.09. The van der Waals surface area contributed by atoms with Crippen LogP contribution in [0.2, 0.25) is 0 Å². The summed E-state index contributed by atoms with van der Waals surface area (Å²) in [4.78, 5) is 20.4. The maximum absolute atomic E-state index is 13.7. The lowest BCUT2D eigenvalue weighted by Crippen LogP contribution is -2.43. The average Bonchev–Trinajstić information content (AvgIpc) is 3.57. The summed E-state index contributed by atoms with van der Waals surface area (Å²) in [6.07, 6.45) is 7.25. The predicted molar refractivity (Wildman–Crippen MR) is 156 cm³/mol. The molecule has 0 saturated carbocycles. The van der Waals surface area contributed by atoms with Crippen molar-refractivity contribution in [3.8, 4) is 17.2 Å². The van der Waals surface area contributed by atoms with Crippen molar-refractivity contribution in [3.05, 3.63) is 53.6 Å². The van der Waals surface area contributed by atoms with E-state index >= 15 is 0 Å². The van der Waals surface area contributed by atoms with Gasteiger partial charge in [-0.15, -0.1) is 0 Å². The van der Waals surface area contributed by atoms with E-state index in [1.165, 1.54) is 11.1 Å². The lowest BCUT2D eigenvalue weighted by atomic mass is 9.94. The van der Waals surface area contributed by atoms with Gasteiger partial charge in [0.05, 0.1) is 13.7 Å². The number of ether oxygens (including phenoxy) is 3. The van der Waals surface area contributed by atoms with Crippen molar-refractivity contribution in [2.24, 2.45) is 0 Å². The highest BCUT2D eigenvalue weighted by molar-refractivity contribution is 5.78. The standard InChI is InChI=1S/C32H47N3O4/c1-5-6-18-34(19-10-9-17-33(2)3)32(36)23-35-22-27(26-14-16-30-31(21-26)39-24-38-30)20-28(35)15-13-25-11-7-8-12-29(25)37-4/h7-8,11-12,14,16,21,27-28H,5-6,9-10,13,15,17-20,22-24H2,1-4H3/t27-,28+/m1/s1. The van der Waals surface area contributed by atoms with Crippen molar-refractivity contribution in [1.29, 1.82) is 0 Å². The zero-order valence-electron chi connectivity index (χ0n) is 24.4. The number of para-hydroxylation sites is 1. The molecule has 0 aliphatic carbocycles. The summed E-state index contributed by atoms with van der Waals surface area (Å²) >= 11 is 0. The number of aryl methyl sites for hydroxylation is 1. The molecular formula is C32H47N3O4. The number of carbonyl (C=O) groups excluding carboxylic acids is 1. The van der Waals surface area contributed by atoms with E-state index < -0.39 is 0 Å². The minimum Gasteiger partial charge on any atom is -0.496 e. The van der Waals surface area contributed by atoms with Crippen LogP contribution in [0.4, 0.5) is 0 Å². The summed E-state index contributed by atoms with van der Waals surface area (Å²) in [5, 5.41) is 0. The maximum atomic E-state index is 13.7. The fourth-order valence-corrected chi connectivity index (χ4v) is 5.83. The van der Waals surface area contributed by atoms with Crippen LogP contribution in [0.3, 0.4) is 0 Å². The Bertz CT molecular complexity index is 1060. The van der Waals surface area contributed by atoms with Crippen molar-refractivity contribution in [2.75, 3.05) is 60.7 Å². The van der Waals surface area contributed by atoms with E-state index in [4.69, 9.17) is 14.2 Å². The lowest BCUT2D eigenvalue weighted by molar-refractivity contribution is -0.132. The molecule has 2 heterocycles. The van der Waals surface area contributed by atoms with Gasteiger partial charge in [-0.05, 0) is 94.4 Å².